The third-order valence-electron chi connectivity index (χ3n) is 2.75. The fourth-order valence-electron chi connectivity index (χ4n) is 1.80. The summed E-state index contributed by atoms with van der Waals surface area (Å²) in [6, 6.07) is 10.6. The molecule has 0 radical (unpaired) electrons. The van der Waals surface area contributed by atoms with Crippen molar-refractivity contribution < 1.29 is 14.0 Å². The highest BCUT2D eigenvalue weighted by Gasteiger charge is 2.14. The van der Waals surface area contributed by atoms with Crippen molar-refractivity contribution in [3.8, 4) is 28.6 Å². The Morgan fingerprint density at radius 1 is 1.15 bits per heavy atom. The molecular formula is C14H10FN3O2. The average molecular weight is 271 g/mol. The summed E-state index contributed by atoms with van der Waals surface area (Å²) in [6.07, 6.45) is 0. The van der Waals surface area contributed by atoms with E-state index in [2.05, 4.69) is 10.1 Å². The second kappa shape index (κ2) is 4.65. The van der Waals surface area contributed by atoms with Gasteiger partial charge in [0.05, 0.1) is 5.56 Å². The molecule has 0 saturated heterocycles. The van der Waals surface area contributed by atoms with Crippen LogP contribution in [0.5, 0.6) is 5.75 Å². The van der Waals surface area contributed by atoms with Gasteiger partial charge in [-0.1, -0.05) is 17.3 Å². The van der Waals surface area contributed by atoms with Crippen molar-refractivity contribution in [1.29, 1.82) is 0 Å². The van der Waals surface area contributed by atoms with Crippen molar-refractivity contribution in [3.05, 3.63) is 48.3 Å². The van der Waals surface area contributed by atoms with Gasteiger partial charge in [0.25, 0.3) is 5.89 Å². The summed E-state index contributed by atoms with van der Waals surface area (Å²) in [5, 5.41) is 13.2. The van der Waals surface area contributed by atoms with E-state index in [4.69, 9.17) is 10.3 Å². The number of nitrogens with zero attached hydrogens (tertiary/aromatic N) is 2. The molecule has 0 atom stereocenters. The number of nitrogens with two attached hydrogens (primary N) is 1. The summed E-state index contributed by atoms with van der Waals surface area (Å²) in [4.78, 5) is 4.11. The van der Waals surface area contributed by atoms with Crippen LogP contribution in [0.1, 0.15) is 0 Å². The van der Waals surface area contributed by atoms with Gasteiger partial charge < -0.3 is 15.4 Å². The summed E-state index contributed by atoms with van der Waals surface area (Å²) in [7, 11) is 0. The number of nitrogen functional groups attached to an aromatic ring is 1. The number of halogens is 1. The SMILES string of the molecule is Nc1ccc(-c2nc(-c3cccc(O)c3)no2)c(F)c1. The van der Waals surface area contributed by atoms with Crippen molar-refractivity contribution >= 4 is 5.69 Å². The number of aromatic nitrogens is 2. The van der Waals surface area contributed by atoms with Crippen LogP contribution in [0.2, 0.25) is 0 Å². The van der Waals surface area contributed by atoms with Crippen molar-refractivity contribution in [1.82, 2.24) is 10.1 Å². The number of benzene rings is 2. The highest BCUT2D eigenvalue weighted by atomic mass is 19.1. The molecule has 0 amide bonds. The zero-order valence-corrected chi connectivity index (χ0v) is 10.2. The van der Waals surface area contributed by atoms with Gasteiger partial charge in [-0.2, -0.15) is 4.98 Å². The smallest absolute Gasteiger partial charge is 0.261 e. The maximum Gasteiger partial charge on any atom is 0.261 e. The molecule has 0 unspecified atom stereocenters. The molecule has 1 heterocycles. The van der Waals surface area contributed by atoms with E-state index in [1.54, 1.807) is 18.2 Å². The number of anilines is 1. The fraction of sp³-hybridized carbons (Fsp3) is 0. The van der Waals surface area contributed by atoms with Crippen LogP contribution in [0.15, 0.2) is 47.0 Å². The van der Waals surface area contributed by atoms with Gasteiger partial charge in [-0.3, -0.25) is 0 Å². The maximum atomic E-state index is 13.8. The van der Waals surface area contributed by atoms with Crippen LogP contribution in [0.25, 0.3) is 22.8 Å². The van der Waals surface area contributed by atoms with E-state index in [0.717, 1.165) is 0 Å². The lowest BCUT2D eigenvalue weighted by Gasteiger charge is -1.98. The van der Waals surface area contributed by atoms with Crippen LogP contribution >= 0.6 is 0 Å². The Kier molecular flexibility index (Phi) is 2.83. The molecule has 6 heteroatoms. The van der Waals surface area contributed by atoms with Crippen LogP contribution in [0.3, 0.4) is 0 Å². The van der Waals surface area contributed by atoms with Gasteiger partial charge in [0.1, 0.15) is 11.6 Å². The molecule has 0 fully saturated rings. The van der Waals surface area contributed by atoms with Gasteiger partial charge in [-0.05, 0) is 30.3 Å². The summed E-state index contributed by atoms with van der Waals surface area (Å²) in [5.74, 6) is -0.114. The van der Waals surface area contributed by atoms with E-state index < -0.39 is 5.82 Å². The van der Waals surface area contributed by atoms with Crippen LogP contribution in [0.4, 0.5) is 10.1 Å². The zero-order valence-electron chi connectivity index (χ0n) is 10.2. The topological polar surface area (TPSA) is 85.2 Å². The second-order valence-electron chi connectivity index (χ2n) is 4.21. The second-order valence-corrected chi connectivity index (χ2v) is 4.21. The van der Waals surface area contributed by atoms with E-state index in [0.29, 0.717) is 11.3 Å². The van der Waals surface area contributed by atoms with Gasteiger partial charge in [-0.15, -0.1) is 0 Å². The number of phenols is 1. The van der Waals surface area contributed by atoms with Crippen molar-refractivity contribution in [3.63, 3.8) is 0 Å². The van der Waals surface area contributed by atoms with Crippen molar-refractivity contribution in [2.45, 2.75) is 0 Å². The Hall–Kier alpha value is -2.89. The summed E-state index contributed by atoms with van der Waals surface area (Å²) >= 11 is 0. The quantitative estimate of drug-likeness (QED) is 0.700. The molecule has 100 valence electrons. The van der Waals surface area contributed by atoms with E-state index in [-0.39, 0.29) is 23.0 Å². The zero-order chi connectivity index (χ0) is 14.1. The molecule has 3 aromatic rings. The Balaban J connectivity index is 2.02. The van der Waals surface area contributed by atoms with E-state index in [1.165, 1.54) is 24.3 Å². The van der Waals surface area contributed by atoms with Crippen LogP contribution in [0, 0.1) is 5.82 Å². The Morgan fingerprint density at radius 2 is 2.00 bits per heavy atom. The molecule has 0 aliphatic rings. The van der Waals surface area contributed by atoms with Crippen LogP contribution in [-0.2, 0) is 0 Å². The molecule has 0 saturated carbocycles. The predicted octanol–water partition coefficient (Wildman–Crippen LogP) is 2.83. The Morgan fingerprint density at radius 3 is 2.75 bits per heavy atom. The normalized spacial score (nSPS) is 10.7. The summed E-state index contributed by atoms with van der Waals surface area (Å²) in [5.41, 5.74) is 6.56. The standard InChI is InChI=1S/C14H10FN3O2/c15-12-7-9(16)4-5-11(12)14-17-13(18-20-14)8-2-1-3-10(19)6-8/h1-7,19H,16H2. The molecule has 0 aliphatic heterocycles. The van der Waals surface area contributed by atoms with E-state index in [1.807, 2.05) is 0 Å². The lowest BCUT2D eigenvalue weighted by atomic mass is 10.2. The lowest BCUT2D eigenvalue weighted by molar-refractivity contribution is 0.429. The number of rotatable bonds is 2. The lowest BCUT2D eigenvalue weighted by Crippen LogP contribution is -1.89. The number of hydrogen-bond donors (Lipinski definition) is 2. The third kappa shape index (κ3) is 2.18. The molecule has 20 heavy (non-hydrogen) atoms. The highest BCUT2D eigenvalue weighted by Crippen LogP contribution is 2.26. The van der Waals surface area contributed by atoms with Gasteiger partial charge in [0.15, 0.2) is 0 Å². The number of hydrogen-bond acceptors (Lipinski definition) is 5. The minimum Gasteiger partial charge on any atom is -0.508 e. The van der Waals surface area contributed by atoms with Crippen LogP contribution < -0.4 is 5.73 Å². The monoisotopic (exact) mass is 271 g/mol. The third-order valence-corrected chi connectivity index (χ3v) is 2.75. The molecule has 0 bridgehead atoms. The van der Waals surface area contributed by atoms with Gasteiger partial charge in [0.2, 0.25) is 5.82 Å². The van der Waals surface area contributed by atoms with E-state index in [9.17, 15) is 9.50 Å². The highest BCUT2D eigenvalue weighted by molar-refractivity contribution is 5.62. The Labute approximate surface area is 113 Å². The molecule has 3 N–H and O–H groups in total. The first-order chi connectivity index (χ1) is 9.63. The first-order valence-electron chi connectivity index (χ1n) is 5.82. The first-order valence-corrected chi connectivity index (χ1v) is 5.82. The minimum atomic E-state index is -0.531. The predicted molar refractivity (Wildman–Crippen MR) is 71.2 cm³/mol. The summed E-state index contributed by atoms with van der Waals surface area (Å²) in [6.45, 7) is 0. The average Bonchev–Trinajstić information content (AvgIpc) is 2.88. The van der Waals surface area contributed by atoms with Gasteiger partial charge in [0, 0.05) is 11.3 Å². The minimum absolute atomic E-state index is 0.0563. The molecule has 3 rings (SSSR count). The number of aromatic hydroxyl groups is 1. The molecule has 5 nitrogen and oxygen atoms in total. The Bertz CT molecular complexity index is 771. The van der Waals surface area contributed by atoms with Crippen LogP contribution in [-0.4, -0.2) is 15.2 Å². The molecule has 0 spiro atoms. The largest absolute Gasteiger partial charge is 0.508 e. The molecule has 0 aliphatic carbocycles. The first kappa shape index (κ1) is 12.2. The fourth-order valence-corrected chi connectivity index (χ4v) is 1.80. The van der Waals surface area contributed by atoms with Crippen molar-refractivity contribution in [2.24, 2.45) is 0 Å². The number of phenolic OH excluding ortho intramolecular Hbond substituents is 1. The summed E-state index contributed by atoms with van der Waals surface area (Å²) < 4.78 is 18.8. The van der Waals surface area contributed by atoms with E-state index >= 15 is 0 Å². The molecular weight excluding hydrogens is 261 g/mol. The van der Waals surface area contributed by atoms with Gasteiger partial charge in [-0.25, -0.2) is 4.39 Å². The molecule has 2 aromatic carbocycles. The van der Waals surface area contributed by atoms with Gasteiger partial charge >= 0.3 is 0 Å². The van der Waals surface area contributed by atoms with Crippen molar-refractivity contribution in [2.75, 3.05) is 5.73 Å². The maximum absolute atomic E-state index is 13.8. The molecule has 1 aromatic heterocycles.